The molecular weight excluding hydrogens is 176 g/mol. The molecule has 1 aromatic rings. The van der Waals surface area contributed by atoms with Crippen LogP contribution in [-0.4, -0.2) is 16.1 Å². The number of nitrogens with zero attached hydrogens (tertiary/aromatic N) is 1. The van der Waals surface area contributed by atoms with Gasteiger partial charge < -0.3 is 10.8 Å². The van der Waals surface area contributed by atoms with Crippen molar-refractivity contribution in [3.63, 3.8) is 0 Å². The summed E-state index contributed by atoms with van der Waals surface area (Å²) < 4.78 is 0. The van der Waals surface area contributed by atoms with Gasteiger partial charge in [-0.3, -0.25) is 4.79 Å². The average Bonchev–Trinajstić information content (AvgIpc) is 2.42. The molecule has 1 atom stereocenters. The largest absolute Gasteiger partial charge is 0.481 e. The molecule has 12 heavy (non-hydrogen) atoms. The van der Waals surface area contributed by atoms with Crippen LogP contribution in [0.25, 0.3) is 0 Å². The van der Waals surface area contributed by atoms with Crippen LogP contribution in [0.3, 0.4) is 0 Å². The highest BCUT2D eigenvalue weighted by Gasteiger charge is 2.29. The lowest BCUT2D eigenvalue weighted by molar-refractivity contribution is -0.141. The SMILES string of the molecule is Nc1nc2c(s1)CC(C(=O)O)C2. The maximum absolute atomic E-state index is 10.6. The summed E-state index contributed by atoms with van der Waals surface area (Å²) in [6.45, 7) is 0. The van der Waals surface area contributed by atoms with Crippen molar-refractivity contribution in [2.45, 2.75) is 12.8 Å². The molecule has 0 saturated carbocycles. The molecule has 0 aromatic carbocycles. The summed E-state index contributed by atoms with van der Waals surface area (Å²) in [7, 11) is 0. The molecule has 0 radical (unpaired) electrons. The maximum atomic E-state index is 10.6. The summed E-state index contributed by atoms with van der Waals surface area (Å²) in [5.74, 6) is -1.02. The number of rotatable bonds is 1. The van der Waals surface area contributed by atoms with E-state index in [-0.39, 0.29) is 5.92 Å². The van der Waals surface area contributed by atoms with Crippen molar-refractivity contribution in [1.82, 2.24) is 4.98 Å². The monoisotopic (exact) mass is 184 g/mol. The normalized spacial score (nSPS) is 20.8. The molecule has 1 aliphatic rings. The van der Waals surface area contributed by atoms with Crippen LogP contribution in [0.4, 0.5) is 5.13 Å². The first kappa shape index (κ1) is 7.54. The topological polar surface area (TPSA) is 76.2 Å². The third-order valence-corrected chi connectivity index (χ3v) is 2.96. The van der Waals surface area contributed by atoms with Crippen LogP contribution in [-0.2, 0) is 17.6 Å². The van der Waals surface area contributed by atoms with Gasteiger partial charge in [0.2, 0.25) is 0 Å². The number of aliphatic carboxylic acids is 1. The quantitative estimate of drug-likeness (QED) is 0.667. The van der Waals surface area contributed by atoms with E-state index in [4.69, 9.17) is 10.8 Å². The Balaban J connectivity index is 2.24. The lowest BCUT2D eigenvalue weighted by Crippen LogP contribution is -2.13. The molecule has 2 rings (SSSR count). The Morgan fingerprint density at radius 2 is 2.42 bits per heavy atom. The number of carboxylic acids is 1. The zero-order valence-corrected chi connectivity index (χ0v) is 7.10. The van der Waals surface area contributed by atoms with Crippen molar-refractivity contribution in [1.29, 1.82) is 0 Å². The molecule has 3 N–H and O–H groups in total. The van der Waals surface area contributed by atoms with Gasteiger partial charge in [-0.15, -0.1) is 11.3 Å². The van der Waals surface area contributed by atoms with Crippen molar-refractivity contribution >= 4 is 22.4 Å². The van der Waals surface area contributed by atoms with Crippen molar-refractivity contribution in [2.75, 3.05) is 5.73 Å². The molecule has 5 heteroatoms. The zero-order chi connectivity index (χ0) is 8.72. The smallest absolute Gasteiger partial charge is 0.307 e. The summed E-state index contributed by atoms with van der Waals surface area (Å²) in [6, 6.07) is 0. The molecule has 1 heterocycles. The van der Waals surface area contributed by atoms with Gasteiger partial charge in [0.15, 0.2) is 5.13 Å². The number of fused-ring (bicyclic) bond motifs is 1. The molecule has 0 amide bonds. The van der Waals surface area contributed by atoms with Crippen molar-refractivity contribution < 1.29 is 9.90 Å². The lowest BCUT2D eigenvalue weighted by atomic mass is 10.1. The first-order valence-corrected chi connectivity index (χ1v) is 4.45. The van der Waals surface area contributed by atoms with E-state index in [1.807, 2.05) is 0 Å². The van der Waals surface area contributed by atoms with Crippen molar-refractivity contribution in [2.24, 2.45) is 5.92 Å². The summed E-state index contributed by atoms with van der Waals surface area (Å²) >= 11 is 1.40. The number of hydrogen-bond donors (Lipinski definition) is 2. The van der Waals surface area contributed by atoms with Crippen LogP contribution in [0.15, 0.2) is 0 Å². The fraction of sp³-hybridized carbons (Fsp3) is 0.429. The number of thiazole rings is 1. The van der Waals surface area contributed by atoms with Gasteiger partial charge in [-0.25, -0.2) is 4.98 Å². The molecule has 4 nitrogen and oxygen atoms in total. The minimum atomic E-state index is -0.737. The fourth-order valence-electron chi connectivity index (χ4n) is 1.43. The molecule has 0 bridgehead atoms. The van der Waals surface area contributed by atoms with Crippen LogP contribution in [0.5, 0.6) is 0 Å². The highest BCUT2D eigenvalue weighted by molar-refractivity contribution is 7.15. The first-order chi connectivity index (χ1) is 5.66. The van der Waals surface area contributed by atoms with E-state index in [1.165, 1.54) is 11.3 Å². The van der Waals surface area contributed by atoms with Crippen LogP contribution in [0.2, 0.25) is 0 Å². The van der Waals surface area contributed by atoms with Crippen LogP contribution in [0.1, 0.15) is 10.6 Å². The lowest BCUT2D eigenvalue weighted by Gasteiger charge is -1.99. The Morgan fingerprint density at radius 1 is 1.67 bits per heavy atom. The third kappa shape index (κ3) is 1.06. The van der Waals surface area contributed by atoms with E-state index in [1.54, 1.807) is 0 Å². The second kappa shape index (κ2) is 2.45. The van der Waals surface area contributed by atoms with Crippen LogP contribution >= 0.6 is 11.3 Å². The Hall–Kier alpha value is -1.10. The molecule has 0 aliphatic heterocycles. The van der Waals surface area contributed by atoms with Crippen molar-refractivity contribution in [3.05, 3.63) is 10.6 Å². The van der Waals surface area contributed by atoms with E-state index < -0.39 is 5.97 Å². The number of carbonyl (C=O) groups is 1. The van der Waals surface area contributed by atoms with Gasteiger partial charge in [0, 0.05) is 11.3 Å². The summed E-state index contributed by atoms with van der Waals surface area (Å²) in [5, 5.41) is 9.26. The van der Waals surface area contributed by atoms with Gasteiger partial charge in [0.1, 0.15) is 0 Å². The zero-order valence-electron chi connectivity index (χ0n) is 6.28. The fourth-order valence-corrected chi connectivity index (χ4v) is 2.37. The van der Waals surface area contributed by atoms with Gasteiger partial charge >= 0.3 is 5.97 Å². The molecule has 1 unspecified atom stereocenters. The van der Waals surface area contributed by atoms with E-state index in [0.717, 1.165) is 10.6 Å². The Labute approximate surface area is 73.0 Å². The molecule has 1 aliphatic carbocycles. The minimum Gasteiger partial charge on any atom is -0.481 e. The van der Waals surface area contributed by atoms with Gasteiger partial charge in [0.05, 0.1) is 11.6 Å². The summed E-state index contributed by atoms with van der Waals surface area (Å²) in [5.41, 5.74) is 6.35. The average molecular weight is 184 g/mol. The highest BCUT2D eigenvalue weighted by atomic mass is 32.1. The molecule has 0 spiro atoms. The Kier molecular flexibility index (Phi) is 1.54. The number of carboxylic acid groups (broad SMARTS) is 1. The van der Waals surface area contributed by atoms with Gasteiger partial charge in [0.25, 0.3) is 0 Å². The number of aromatic nitrogens is 1. The Morgan fingerprint density at radius 3 is 3.00 bits per heavy atom. The summed E-state index contributed by atoms with van der Waals surface area (Å²) in [4.78, 5) is 15.7. The molecule has 0 fully saturated rings. The Bertz CT molecular complexity index is 311. The molecular formula is C7H8N2O2S. The number of anilines is 1. The predicted molar refractivity (Wildman–Crippen MR) is 45.1 cm³/mol. The van der Waals surface area contributed by atoms with E-state index in [0.29, 0.717) is 18.0 Å². The number of hydrogen-bond acceptors (Lipinski definition) is 4. The number of nitrogen functional groups attached to an aromatic ring is 1. The van der Waals surface area contributed by atoms with Crippen LogP contribution in [0, 0.1) is 5.92 Å². The van der Waals surface area contributed by atoms with Crippen molar-refractivity contribution in [3.8, 4) is 0 Å². The summed E-state index contributed by atoms with van der Waals surface area (Å²) in [6.07, 6.45) is 1.14. The minimum absolute atomic E-state index is 0.278. The van der Waals surface area contributed by atoms with Gasteiger partial charge in [-0.2, -0.15) is 0 Å². The second-order valence-electron chi connectivity index (χ2n) is 2.87. The first-order valence-electron chi connectivity index (χ1n) is 3.63. The van der Waals surface area contributed by atoms with Crippen LogP contribution < -0.4 is 5.73 Å². The van der Waals surface area contributed by atoms with Gasteiger partial charge in [-0.1, -0.05) is 0 Å². The van der Waals surface area contributed by atoms with Gasteiger partial charge in [-0.05, 0) is 6.42 Å². The van der Waals surface area contributed by atoms with E-state index in [2.05, 4.69) is 4.98 Å². The molecule has 0 saturated heterocycles. The second-order valence-corrected chi connectivity index (χ2v) is 3.98. The predicted octanol–water partition coefficient (Wildman–Crippen LogP) is 0.525. The number of nitrogens with two attached hydrogens (primary N) is 1. The van der Waals surface area contributed by atoms with E-state index >= 15 is 0 Å². The highest BCUT2D eigenvalue weighted by Crippen LogP contribution is 2.32. The molecule has 1 aromatic heterocycles. The molecule has 64 valence electrons. The van der Waals surface area contributed by atoms with E-state index in [9.17, 15) is 4.79 Å². The maximum Gasteiger partial charge on any atom is 0.307 e. The third-order valence-electron chi connectivity index (χ3n) is 2.02. The standard InChI is InChI=1S/C7H8N2O2S/c8-7-9-4-1-3(6(10)11)2-5(4)12-7/h3H,1-2H2,(H2,8,9)(H,10,11).